The van der Waals surface area contributed by atoms with E-state index in [2.05, 4.69) is 5.32 Å². The van der Waals surface area contributed by atoms with E-state index in [-0.39, 0.29) is 6.42 Å². The number of rotatable bonds is 5. The summed E-state index contributed by atoms with van der Waals surface area (Å²) in [5.74, 6) is -4.67. The van der Waals surface area contributed by atoms with Crippen LogP contribution in [0.15, 0.2) is 103 Å². The molecule has 1 fully saturated rings. The normalized spacial score (nSPS) is 25.7. The van der Waals surface area contributed by atoms with Crippen LogP contribution in [0.25, 0.3) is 0 Å². The maximum Gasteiger partial charge on any atom is 0.418 e. The number of benzene rings is 4. The van der Waals surface area contributed by atoms with Crippen LogP contribution >= 0.6 is 23.2 Å². The van der Waals surface area contributed by atoms with Crippen LogP contribution < -0.4 is 5.32 Å². The Morgan fingerprint density at radius 2 is 1.16 bits per heavy atom. The monoisotopic (exact) mass is 634 g/mol. The molecule has 222 valence electrons. The second kappa shape index (κ2) is 9.94. The molecule has 1 saturated heterocycles. The predicted octanol–water partition coefficient (Wildman–Crippen LogP) is 6.85. The molecule has 0 saturated carbocycles. The minimum Gasteiger partial charge on any atom is -0.324 e. The summed E-state index contributed by atoms with van der Waals surface area (Å²) in [5, 5.41) is 2.36. The molecule has 5 nitrogen and oxygen atoms in total. The van der Waals surface area contributed by atoms with Gasteiger partial charge in [-0.1, -0.05) is 91.0 Å². The number of likely N-dealkylation sites (tertiary alicyclic amines) is 1. The molecule has 4 aromatic rings. The van der Waals surface area contributed by atoms with Crippen molar-refractivity contribution < 1.29 is 27.6 Å². The van der Waals surface area contributed by atoms with Crippen LogP contribution in [0.5, 0.6) is 0 Å². The van der Waals surface area contributed by atoms with Crippen LogP contribution in [0, 0.1) is 11.8 Å². The molecule has 1 N–H and O–H groups in total. The fraction of sp³-hybridized carbons (Fsp3) is 0.206. The second-order valence-electron chi connectivity index (χ2n) is 11.3. The second-order valence-corrected chi connectivity index (χ2v) is 12.4. The summed E-state index contributed by atoms with van der Waals surface area (Å²) >= 11 is 15.0. The summed E-state index contributed by atoms with van der Waals surface area (Å²) < 4.78 is 41.4. The maximum absolute atomic E-state index is 14.5. The molecule has 1 heterocycles. The number of halogens is 5. The third-order valence-electron chi connectivity index (χ3n) is 9.00. The summed E-state index contributed by atoms with van der Waals surface area (Å²) in [6.07, 6.45) is -4.89. The number of carbonyl (C=O) groups excluding carboxylic acids is 3. The number of nitrogens with one attached hydrogen (secondary N) is 1. The Morgan fingerprint density at radius 1 is 0.727 bits per heavy atom. The number of hydrogen-bond donors (Lipinski definition) is 1. The van der Waals surface area contributed by atoms with Crippen molar-refractivity contribution >= 4 is 46.6 Å². The molecular weight excluding hydrogens is 612 g/mol. The van der Waals surface area contributed by atoms with Gasteiger partial charge >= 0.3 is 6.18 Å². The van der Waals surface area contributed by atoms with Crippen molar-refractivity contribution in [2.75, 3.05) is 5.32 Å². The van der Waals surface area contributed by atoms with Crippen molar-refractivity contribution in [1.82, 2.24) is 4.90 Å². The highest BCUT2D eigenvalue weighted by atomic mass is 35.5. The summed E-state index contributed by atoms with van der Waals surface area (Å²) in [4.78, 5) is 41.0. The van der Waals surface area contributed by atoms with Crippen molar-refractivity contribution in [1.29, 1.82) is 0 Å². The van der Waals surface area contributed by atoms with Gasteiger partial charge in [0.25, 0.3) is 0 Å². The summed E-state index contributed by atoms with van der Waals surface area (Å²) in [5.41, 5.74) is 1.46. The Balaban J connectivity index is 1.36. The van der Waals surface area contributed by atoms with Crippen molar-refractivity contribution in [3.63, 3.8) is 0 Å². The Bertz CT molecular complexity index is 1720. The molecular formula is C34H23Cl2F3N2O3. The first-order valence-corrected chi connectivity index (χ1v) is 14.7. The third kappa shape index (κ3) is 3.90. The number of imide groups is 1. The lowest BCUT2D eigenvalue weighted by molar-refractivity contribution is -0.147. The van der Waals surface area contributed by atoms with Crippen molar-refractivity contribution in [3.8, 4) is 0 Å². The Labute approximate surface area is 260 Å². The lowest BCUT2D eigenvalue weighted by Gasteiger charge is -2.54. The molecule has 0 radical (unpaired) electrons. The highest BCUT2D eigenvalue weighted by molar-refractivity contribution is 6.36. The zero-order chi connectivity index (χ0) is 31.0. The van der Waals surface area contributed by atoms with Crippen LogP contribution in [0.3, 0.4) is 0 Å². The van der Waals surface area contributed by atoms with Gasteiger partial charge in [-0.05, 0) is 39.9 Å². The van der Waals surface area contributed by atoms with Gasteiger partial charge < -0.3 is 5.32 Å². The summed E-state index contributed by atoms with van der Waals surface area (Å²) in [7, 11) is 0. The van der Waals surface area contributed by atoms with Gasteiger partial charge in [0, 0.05) is 6.42 Å². The van der Waals surface area contributed by atoms with Gasteiger partial charge in [0.05, 0.1) is 23.1 Å². The minimum atomic E-state index is -4.75. The zero-order valence-electron chi connectivity index (χ0n) is 22.8. The van der Waals surface area contributed by atoms with E-state index >= 15 is 0 Å². The lowest BCUT2D eigenvalue weighted by Crippen LogP contribution is -2.57. The fourth-order valence-corrected chi connectivity index (χ4v) is 8.29. The van der Waals surface area contributed by atoms with Crippen LogP contribution in [-0.2, 0) is 36.7 Å². The summed E-state index contributed by atoms with van der Waals surface area (Å²) in [6.45, 7) is 0. The molecule has 4 aliphatic rings. The predicted molar refractivity (Wildman–Crippen MR) is 159 cm³/mol. The molecule has 8 rings (SSSR count). The number of anilines is 1. The van der Waals surface area contributed by atoms with Gasteiger partial charge in [-0.25, -0.2) is 0 Å². The SMILES string of the molecule is O=C(Nc1ccccc1C(F)(F)F)[C@H](Cc1ccccc1)N1C(=O)[C@H]2[C@H](C1=O)C1(Cl)c3ccccc3C2(Cl)c2ccccc21. The lowest BCUT2D eigenvalue weighted by atomic mass is 9.54. The van der Waals surface area contributed by atoms with Gasteiger partial charge in [0.2, 0.25) is 17.7 Å². The topological polar surface area (TPSA) is 66.5 Å². The standard InChI is InChI=1S/C34H23Cl2F3N2O3/c35-32-20-12-4-5-13-21(20)33(36,23-15-7-6-14-22(23)32)28-27(32)30(43)41(31(28)44)26(18-19-10-2-1-3-11-19)29(42)40-25-17-9-8-16-24(25)34(37,38)39/h1-17,26-28H,18H2,(H,40,42)/t26-,27+,28+,32?,33?/m0/s1. The molecule has 0 spiro atoms. The van der Waals surface area contributed by atoms with Crippen molar-refractivity contribution in [2.24, 2.45) is 11.8 Å². The largest absolute Gasteiger partial charge is 0.418 e. The molecule has 3 amide bonds. The van der Waals surface area contributed by atoms with E-state index in [9.17, 15) is 27.6 Å². The molecule has 3 aliphatic carbocycles. The van der Waals surface area contributed by atoms with E-state index in [0.717, 1.165) is 17.0 Å². The van der Waals surface area contributed by atoms with Crippen molar-refractivity contribution in [2.45, 2.75) is 28.4 Å². The fourth-order valence-electron chi connectivity index (χ4n) is 7.19. The van der Waals surface area contributed by atoms with E-state index in [1.165, 1.54) is 12.1 Å². The van der Waals surface area contributed by atoms with E-state index in [0.29, 0.717) is 27.8 Å². The minimum absolute atomic E-state index is 0.137. The van der Waals surface area contributed by atoms with E-state index in [4.69, 9.17) is 23.2 Å². The van der Waals surface area contributed by atoms with Gasteiger partial charge in [0.15, 0.2) is 0 Å². The van der Waals surface area contributed by atoms with E-state index < -0.39 is 62.8 Å². The highest BCUT2D eigenvalue weighted by Crippen LogP contribution is 2.69. The number of nitrogens with zero attached hydrogens (tertiary/aromatic N) is 1. The van der Waals surface area contributed by atoms with Crippen molar-refractivity contribution in [3.05, 3.63) is 137 Å². The van der Waals surface area contributed by atoms with Crippen LogP contribution in [0.4, 0.5) is 18.9 Å². The first kappa shape index (κ1) is 28.6. The Hall–Kier alpha value is -4.14. The zero-order valence-corrected chi connectivity index (χ0v) is 24.3. The smallest absolute Gasteiger partial charge is 0.324 e. The Kier molecular flexibility index (Phi) is 6.47. The van der Waals surface area contributed by atoms with E-state index in [1.807, 2.05) is 0 Å². The molecule has 10 heteroatoms. The average molecular weight is 635 g/mol. The third-order valence-corrected chi connectivity index (χ3v) is 10.3. The highest BCUT2D eigenvalue weighted by Gasteiger charge is 2.73. The first-order chi connectivity index (χ1) is 21.0. The molecule has 3 atom stereocenters. The quantitative estimate of drug-likeness (QED) is 0.193. The van der Waals surface area contributed by atoms with Gasteiger partial charge in [-0.15, -0.1) is 23.2 Å². The van der Waals surface area contributed by atoms with E-state index in [1.54, 1.807) is 78.9 Å². The molecule has 4 aromatic carbocycles. The molecule has 0 unspecified atom stereocenters. The summed E-state index contributed by atoms with van der Waals surface area (Å²) in [6, 6.07) is 26.0. The van der Waals surface area contributed by atoms with Gasteiger partial charge in [-0.2, -0.15) is 13.2 Å². The van der Waals surface area contributed by atoms with Crippen LogP contribution in [-0.4, -0.2) is 28.7 Å². The number of amides is 3. The van der Waals surface area contributed by atoms with Crippen LogP contribution in [0.2, 0.25) is 0 Å². The number of alkyl halides is 5. The number of para-hydroxylation sites is 1. The molecule has 44 heavy (non-hydrogen) atoms. The Morgan fingerprint density at radius 3 is 1.64 bits per heavy atom. The average Bonchev–Trinajstić information content (AvgIpc) is 3.29. The van der Waals surface area contributed by atoms with Gasteiger partial charge in [0.1, 0.15) is 15.8 Å². The maximum atomic E-state index is 14.5. The van der Waals surface area contributed by atoms with Gasteiger partial charge in [-0.3, -0.25) is 19.3 Å². The number of hydrogen-bond acceptors (Lipinski definition) is 3. The van der Waals surface area contributed by atoms with Crippen LogP contribution in [0.1, 0.15) is 33.4 Å². The molecule has 1 aliphatic heterocycles. The molecule has 0 aromatic heterocycles. The first-order valence-electron chi connectivity index (χ1n) is 13.9. The number of carbonyl (C=O) groups is 3. The molecule has 2 bridgehead atoms.